The number of carbonyl (C=O) groups excluding carboxylic acids is 1. The van der Waals surface area contributed by atoms with E-state index in [1.54, 1.807) is 0 Å². The first-order chi connectivity index (χ1) is 10.7. The summed E-state index contributed by atoms with van der Waals surface area (Å²) < 4.78 is 0. The average Bonchev–Trinajstić information content (AvgIpc) is 2.86. The third-order valence-corrected chi connectivity index (χ3v) is 4.31. The Balaban J connectivity index is 1.69. The molecule has 0 radical (unpaired) electrons. The summed E-state index contributed by atoms with van der Waals surface area (Å²) in [4.78, 5) is 18.2. The Kier molecular flexibility index (Phi) is 3.09. The van der Waals surface area contributed by atoms with Crippen LogP contribution in [0.2, 0.25) is 0 Å². The molecule has 4 rings (SSSR count). The van der Waals surface area contributed by atoms with E-state index in [-0.39, 0.29) is 5.78 Å². The maximum absolute atomic E-state index is 12.6. The van der Waals surface area contributed by atoms with Gasteiger partial charge in [-0.1, -0.05) is 42.0 Å². The first kappa shape index (κ1) is 13.3. The van der Waals surface area contributed by atoms with Gasteiger partial charge in [0.15, 0.2) is 5.78 Å². The lowest BCUT2D eigenvalue weighted by atomic mass is 10.0. The van der Waals surface area contributed by atoms with Crippen molar-refractivity contribution in [1.82, 2.24) is 9.88 Å². The zero-order valence-corrected chi connectivity index (χ0v) is 12.6. The molecule has 0 spiro atoms. The van der Waals surface area contributed by atoms with Crippen LogP contribution in [0.15, 0.2) is 48.5 Å². The number of aromatic amines is 1. The molecule has 0 bridgehead atoms. The third-order valence-electron chi connectivity index (χ3n) is 4.31. The second kappa shape index (κ2) is 5.11. The van der Waals surface area contributed by atoms with Crippen LogP contribution in [-0.4, -0.2) is 22.2 Å². The number of hydrogen-bond donors (Lipinski definition) is 1. The molecular formula is C19H18N2O. The average molecular weight is 290 g/mol. The lowest BCUT2D eigenvalue weighted by Gasteiger charge is -2.25. The van der Waals surface area contributed by atoms with Gasteiger partial charge in [0.05, 0.1) is 6.54 Å². The number of benzene rings is 2. The normalized spacial score (nSPS) is 15.2. The van der Waals surface area contributed by atoms with Crippen LogP contribution < -0.4 is 0 Å². The molecule has 0 amide bonds. The van der Waals surface area contributed by atoms with Crippen molar-refractivity contribution in [3.8, 4) is 0 Å². The van der Waals surface area contributed by atoms with Crippen molar-refractivity contribution < 1.29 is 4.79 Å². The van der Waals surface area contributed by atoms with E-state index < -0.39 is 0 Å². The monoisotopic (exact) mass is 290 g/mol. The molecule has 0 atom stereocenters. The minimum Gasteiger partial charge on any atom is -0.357 e. The van der Waals surface area contributed by atoms with Gasteiger partial charge in [-0.15, -0.1) is 0 Å². The Morgan fingerprint density at radius 3 is 2.73 bits per heavy atom. The number of ketones is 1. The van der Waals surface area contributed by atoms with Gasteiger partial charge in [-0.2, -0.15) is 0 Å². The van der Waals surface area contributed by atoms with E-state index in [9.17, 15) is 4.79 Å². The summed E-state index contributed by atoms with van der Waals surface area (Å²) >= 11 is 0. The van der Waals surface area contributed by atoms with E-state index in [2.05, 4.69) is 47.1 Å². The summed E-state index contributed by atoms with van der Waals surface area (Å²) in [5.41, 5.74) is 5.43. The molecule has 1 aromatic heterocycles. The molecule has 0 saturated heterocycles. The summed E-state index contributed by atoms with van der Waals surface area (Å²) in [5.74, 6) is 0.217. The van der Waals surface area contributed by atoms with Gasteiger partial charge in [-0.05, 0) is 24.6 Å². The molecule has 3 aromatic rings. The Morgan fingerprint density at radius 2 is 1.91 bits per heavy atom. The van der Waals surface area contributed by atoms with Gasteiger partial charge in [-0.3, -0.25) is 9.69 Å². The molecule has 2 heterocycles. The van der Waals surface area contributed by atoms with Crippen molar-refractivity contribution in [2.24, 2.45) is 0 Å². The van der Waals surface area contributed by atoms with E-state index >= 15 is 0 Å². The maximum atomic E-state index is 12.6. The molecule has 0 aliphatic carbocycles. The number of Topliss-reactive ketones (excluding diaryl/α,β-unsaturated/α-hetero) is 1. The fourth-order valence-electron chi connectivity index (χ4n) is 3.31. The highest BCUT2D eigenvalue weighted by molar-refractivity contribution is 6.10. The molecule has 22 heavy (non-hydrogen) atoms. The van der Waals surface area contributed by atoms with Gasteiger partial charge >= 0.3 is 0 Å². The van der Waals surface area contributed by atoms with Crippen LogP contribution in [0.25, 0.3) is 10.9 Å². The molecule has 3 nitrogen and oxygen atoms in total. The van der Waals surface area contributed by atoms with Crippen LogP contribution in [0.1, 0.15) is 27.2 Å². The predicted molar refractivity (Wildman–Crippen MR) is 87.9 cm³/mol. The molecule has 110 valence electrons. The van der Waals surface area contributed by atoms with Gasteiger partial charge in [0, 0.05) is 35.2 Å². The number of nitrogens with one attached hydrogen (secondary N) is 1. The highest BCUT2D eigenvalue weighted by atomic mass is 16.1. The number of aromatic nitrogens is 1. The second-order valence-corrected chi connectivity index (χ2v) is 6.08. The zero-order valence-electron chi connectivity index (χ0n) is 12.6. The number of nitrogens with zero attached hydrogens (tertiary/aromatic N) is 1. The molecule has 3 heteroatoms. The molecule has 1 aliphatic heterocycles. The number of carbonyl (C=O) groups is 1. The van der Waals surface area contributed by atoms with Gasteiger partial charge < -0.3 is 4.98 Å². The largest absolute Gasteiger partial charge is 0.357 e. The fourth-order valence-corrected chi connectivity index (χ4v) is 3.31. The first-order valence-corrected chi connectivity index (χ1v) is 7.61. The van der Waals surface area contributed by atoms with Crippen molar-refractivity contribution in [1.29, 1.82) is 0 Å². The summed E-state index contributed by atoms with van der Waals surface area (Å²) in [6.45, 7) is 4.15. The molecule has 1 N–H and O–H groups in total. The summed E-state index contributed by atoms with van der Waals surface area (Å²) in [7, 11) is 0. The van der Waals surface area contributed by atoms with E-state index in [0.717, 1.165) is 35.2 Å². The second-order valence-electron chi connectivity index (χ2n) is 6.08. The quantitative estimate of drug-likeness (QED) is 0.781. The van der Waals surface area contributed by atoms with Crippen LogP contribution in [0.4, 0.5) is 0 Å². The van der Waals surface area contributed by atoms with E-state index in [1.807, 2.05) is 18.2 Å². The molecular weight excluding hydrogens is 272 g/mol. The molecule has 1 aliphatic rings. The Morgan fingerprint density at radius 1 is 1.09 bits per heavy atom. The van der Waals surface area contributed by atoms with Crippen LogP contribution in [0, 0.1) is 6.92 Å². The van der Waals surface area contributed by atoms with Crippen molar-refractivity contribution >= 4 is 16.7 Å². The number of H-pyrrole nitrogens is 1. The van der Waals surface area contributed by atoms with Crippen LogP contribution >= 0.6 is 0 Å². The van der Waals surface area contributed by atoms with Crippen molar-refractivity contribution in [2.75, 3.05) is 6.54 Å². The zero-order chi connectivity index (χ0) is 15.1. The summed E-state index contributed by atoms with van der Waals surface area (Å²) in [6.07, 6.45) is 0. The number of hydrogen-bond acceptors (Lipinski definition) is 2. The van der Waals surface area contributed by atoms with Gasteiger partial charge in [0.2, 0.25) is 0 Å². The van der Waals surface area contributed by atoms with E-state index in [1.165, 1.54) is 11.1 Å². The van der Waals surface area contributed by atoms with Crippen LogP contribution in [0.3, 0.4) is 0 Å². The molecule has 2 aromatic carbocycles. The van der Waals surface area contributed by atoms with Crippen LogP contribution in [0.5, 0.6) is 0 Å². The van der Waals surface area contributed by atoms with E-state index in [0.29, 0.717) is 6.54 Å². The number of aryl methyl sites for hydroxylation is 1. The lowest BCUT2D eigenvalue weighted by Crippen LogP contribution is -2.34. The predicted octanol–water partition coefficient (Wildman–Crippen LogP) is 3.67. The molecule has 0 saturated carbocycles. The van der Waals surface area contributed by atoms with Crippen molar-refractivity contribution in [3.05, 3.63) is 70.9 Å². The van der Waals surface area contributed by atoms with E-state index in [4.69, 9.17) is 0 Å². The van der Waals surface area contributed by atoms with Crippen LogP contribution in [-0.2, 0) is 13.1 Å². The van der Waals surface area contributed by atoms with Gasteiger partial charge in [-0.25, -0.2) is 0 Å². The third kappa shape index (κ3) is 2.24. The SMILES string of the molecule is Cc1ccc2[nH]c3c(c2c1)C(=O)CN(Cc1ccccc1)C3. The standard InChI is InChI=1S/C19H18N2O/c1-13-7-8-16-15(9-13)19-17(20-16)11-21(12-18(19)22)10-14-5-3-2-4-6-14/h2-9,20H,10-12H2,1H3. The smallest absolute Gasteiger partial charge is 0.179 e. The van der Waals surface area contributed by atoms with Crippen molar-refractivity contribution in [3.63, 3.8) is 0 Å². The summed E-state index contributed by atoms with van der Waals surface area (Å²) in [6, 6.07) is 16.6. The van der Waals surface area contributed by atoms with Gasteiger partial charge in [0.1, 0.15) is 0 Å². The lowest BCUT2D eigenvalue weighted by molar-refractivity contribution is 0.0895. The number of rotatable bonds is 2. The Labute approximate surface area is 129 Å². The topological polar surface area (TPSA) is 36.1 Å². The highest BCUT2D eigenvalue weighted by Gasteiger charge is 2.27. The van der Waals surface area contributed by atoms with Crippen molar-refractivity contribution in [2.45, 2.75) is 20.0 Å². The summed E-state index contributed by atoms with van der Waals surface area (Å²) in [5, 5.41) is 1.07. The van der Waals surface area contributed by atoms with Gasteiger partial charge in [0.25, 0.3) is 0 Å². The fraction of sp³-hybridized carbons (Fsp3) is 0.211. The molecule has 0 unspecified atom stereocenters. The Hall–Kier alpha value is -2.39. The maximum Gasteiger partial charge on any atom is 0.179 e. The minimum absolute atomic E-state index is 0.217. The highest BCUT2D eigenvalue weighted by Crippen LogP contribution is 2.28. The molecule has 0 fully saturated rings. The minimum atomic E-state index is 0.217. The Bertz CT molecular complexity index is 849. The first-order valence-electron chi connectivity index (χ1n) is 7.61. The number of fused-ring (bicyclic) bond motifs is 3.